The van der Waals surface area contributed by atoms with Crippen LogP contribution in [0, 0.1) is 6.92 Å². The predicted molar refractivity (Wildman–Crippen MR) is 74.9 cm³/mol. The lowest BCUT2D eigenvalue weighted by molar-refractivity contribution is 0.538. The van der Waals surface area contributed by atoms with Crippen LogP contribution in [0.1, 0.15) is 23.0 Å². The molecule has 0 fully saturated rings. The minimum absolute atomic E-state index is 0.171. The number of nitrogens with zero attached hydrogens (tertiary/aromatic N) is 2. The van der Waals surface area contributed by atoms with Crippen LogP contribution in [0.15, 0.2) is 30.6 Å². The fourth-order valence-corrected chi connectivity index (χ4v) is 2.39. The van der Waals surface area contributed by atoms with E-state index in [4.69, 9.17) is 11.6 Å². The summed E-state index contributed by atoms with van der Waals surface area (Å²) in [7, 11) is 3.95. The second-order valence-electron chi connectivity index (χ2n) is 4.54. The largest absolute Gasteiger partial charge is 0.337 e. The van der Waals surface area contributed by atoms with Gasteiger partial charge in [0.1, 0.15) is 5.82 Å². The number of likely N-dealkylation sites (N-methyl/N-ethyl adjacent to an activating group) is 1. The molecule has 0 aliphatic rings. The molecule has 3 nitrogen and oxygen atoms in total. The van der Waals surface area contributed by atoms with Crippen LogP contribution in [0.3, 0.4) is 0 Å². The van der Waals surface area contributed by atoms with Crippen LogP contribution in [0.25, 0.3) is 0 Å². The van der Waals surface area contributed by atoms with E-state index in [1.54, 1.807) is 0 Å². The zero-order valence-corrected chi connectivity index (χ0v) is 11.7. The van der Waals surface area contributed by atoms with Crippen molar-refractivity contribution < 1.29 is 0 Å². The molecule has 2 rings (SSSR count). The van der Waals surface area contributed by atoms with Crippen LogP contribution in [-0.4, -0.2) is 16.6 Å². The van der Waals surface area contributed by atoms with Crippen LogP contribution in [0.2, 0.25) is 5.02 Å². The predicted octanol–water partition coefficient (Wildman–Crippen LogP) is 2.89. The van der Waals surface area contributed by atoms with E-state index in [2.05, 4.69) is 22.4 Å². The molecule has 1 unspecified atom stereocenters. The molecular formula is C14H18ClN3. The second kappa shape index (κ2) is 5.55. The molecule has 18 heavy (non-hydrogen) atoms. The Morgan fingerprint density at radius 1 is 1.44 bits per heavy atom. The summed E-state index contributed by atoms with van der Waals surface area (Å²) in [5.41, 5.74) is 2.33. The SMILES string of the molecule is CNC(Cc1ccc(C)cc1Cl)c1nccn1C. The number of benzene rings is 1. The second-order valence-corrected chi connectivity index (χ2v) is 4.94. The van der Waals surface area contributed by atoms with E-state index in [0.717, 1.165) is 22.8 Å². The van der Waals surface area contributed by atoms with Crippen molar-refractivity contribution in [1.82, 2.24) is 14.9 Å². The van der Waals surface area contributed by atoms with Crippen molar-refractivity contribution in [2.75, 3.05) is 7.05 Å². The van der Waals surface area contributed by atoms with Gasteiger partial charge in [0.05, 0.1) is 6.04 Å². The van der Waals surface area contributed by atoms with E-state index < -0.39 is 0 Å². The lowest BCUT2D eigenvalue weighted by Gasteiger charge is -2.17. The van der Waals surface area contributed by atoms with Gasteiger partial charge in [-0.25, -0.2) is 4.98 Å². The molecule has 0 aliphatic heterocycles. The Morgan fingerprint density at radius 3 is 2.78 bits per heavy atom. The molecule has 1 heterocycles. The normalized spacial score (nSPS) is 12.7. The van der Waals surface area contributed by atoms with Gasteiger partial charge in [-0.2, -0.15) is 0 Å². The van der Waals surface area contributed by atoms with Gasteiger partial charge in [0, 0.05) is 24.5 Å². The number of imidazole rings is 1. The third-order valence-corrected chi connectivity index (χ3v) is 3.50. The van der Waals surface area contributed by atoms with Crippen molar-refractivity contribution in [3.8, 4) is 0 Å². The Kier molecular flexibility index (Phi) is 4.04. The van der Waals surface area contributed by atoms with Crippen molar-refractivity contribution in [3.63, 3.8) is 0 Å². The molecule has 1 atom stereocenters. The summed E-state index contributed by atoms with van der Waals surface area (Å²) in [5, 5.41) is 4.12. The Morgan fingerprint density at radius 2 is 2.22 bits per heavy atom. The maximum Gasteiger partial charge on any atom is 0.125 e. The first kappa shape index (κ1) is 13.1. The van der Waals surface area contributed by atoms with E-state index in [1.807, 2.05) is 44.0 Å². The fraction of sp³-hybridized carbons (Fsp3) is 0.357. The zero-order valence-electron chi connectivity index (χ0n) is 10.9. The van der Waals surface area contributed by atoms with Crippen LogP contribution in [0.5, 0.6) is 0 Å². The van der Waals surface area contributed by atoms with E-state index in [0.29, 0.717) is 0 Å². The van der Waals surface area contributed by atoms with E-state index in [-0.39, 0.29) is 6.04 Å². The first-order chi connectivity index (χ1) is 8.61. The monoisotopic (exact) mass is 263 g/mol. The average Bonchev–Trinajstić information content (AvgIpc) is 2.75. The van der Waals surface area contributed by atoms with Crippen molar-refractivity contribution in [1.29, 1.82) is 0 Å². The molecule has 1 aromatic heterocycles. The van der Waals surface area contributed by atoms with Crippen molar-refractivity contribution >= 4 is 11.6 Å². The van der Waals surface area contributed by atoms with Crippen LogP contribution in [0.4, 0.5) is 0 Å². The fourth-order valence-electron chi connectivity index (χ4n) is 2.07. The average molecular weight is 264 g/mol. The summed E-state index contributed by atoms with van der Waals surface area (Å²) in [5.74, 6) is 1.02. The molecule has 0 aliphatic carbocycles. The highest BCUT2D eigenvalue weighted by Gasteiger charge is 2.15. The molecule has 0 amide bonds. The standard InChI is InChI=1S/C14H18ClN3/c1-10-4-5-11(12(15)8-10)9-13(16-2)14-17-6-7-18(14)3/h4-8,13,16H,9H2,1-3H3. The van der Waals surface area contributed by atoms with Gasteiger partial charge < -0.3 is 9.88 Å². The third kappa shape index (κ3) is 2.74. The van der Waals surface area contributed by atoms with Crippen molar-refractivity contribution in [2.45, 2.75) is 19.4 Å². The molecule has 0 saturated heterocycles. The number of aromatic nitrogens is 2. The lowest BCUT2D eigenvalue weighted by Crippen LogP contribution is -2.22. The van der Waals surface area contributed by atoms with E-state index >= 15 is 0 Å². The van der Waals surface area contributed by atoms with E-state index in [9.17, 15) is 0 Å². The van der Waals surface area contributed by atoms with Gasteiger partial charge in [-0.15, -0.1) is 0 Å². The van der Waals surface area contributed by atoms with Gasteiger partial charge in [-0.3, -0.25) is 0 Å². The Labute approximate surface area is 113 Å². The molecule has 2 aromatic rings. The van der Waals surface area contributed by atoms with Crippen LogP contribution < -0.4 is 5.32 Å². The number of rotatable bonds is 4. The first-order valence-electron chi connectivity index (χ1n) is 6.01. The Balaban J connectivity index is 2.23. The minimum atomic E-state index is 0.171. The summed E-state index contributed by atoms with van der Waals surface area (Å²) >= 11 is 6.28. The molecule has 0 bridgehead atoms. The Bertz CT molecular complexity index is 534. The van der Waals surface area contributed by atoms with Gasteiger partial charge >= 0.3 is 0 Å². The number of nitrogens with one attached hydrogen (secondary N) is 1. The molecule has 4 heteroatoms. The molecule has 1 N–H and O–H groups in total. The van der Waals surface area contributed by atoms with Crippen molar-refractivity contribution in [2.24, 2.45) is 7.05 Å². The van der Waals surface area contributed by atoms with Gasteiger partial charge in [0.2, 0.25) is 0 Å². The highest BCUT2D eigenvalue weighted by Crippen LogP contribution is 2.23. The minimum Gasteiger partial charge on any atom is -0.337 e. The number of hydrogen-bond acceptors (Lipinski definition) is 2. The van der Waals surface area contributed by atoms with E-state index in [1.165, 1.54) is 5.56 Å². The highest BCUT2D eigenvalue weighted by molar-refractivity contribution is 6.31. The molecule has 0 radical (unpaired) electrons. The molecule has 0 saturated carbocycles. The van der Waals surface area contributed by atoms with Crippen LogP contribution >= 0.6 is 11.6 Å². The van der Waals surface area contributed by atoms with Crippen LogP contribution in [-0.2, 0) is 13.5 Å². The summed E-state index contributed by atoms with van der Waals surface area (Å²) in [6.45, 7) is 2.05. The smallest absolute Gasteiger partial charge is 0.125 e. The first-order valence-corrected chi connectivity index (χ1v) is 6.39. The summed E-state index contributed by atoms with van der Waals surface area (Å²) in [6.07, 6.45) is 4.60. The van der Waals surface area contributed by atoms with Gasteiger partial charge in [0.15, 0.2) is 0 Å². The summed E-state index contributed by atoms with van der Waals surface area (Å²) < 4.78 is 2.03. The van der Waals surface area contributed by atoms with Crippen molar-refractivity contribution in [3.05, 3.63) is 52.6 Å². The molecule has 1 aromatic carbocycles. The zero-order chi connectivity index (χ0) is 13.1. The van der Waals surface area contributed by atoms with Gasteiger partial charge in [-0.05, 0) is 37.6 Å². The third-order valence-electron chi connectivity index (χ3n) is 3.15. The number of halogens is 1. The lowest BCUT2D eigenvalue weighted by atomic mass is 10.0. The number of hydrogen-bond donors (Lipinski definition) is 1. The summed E-state index contributed by atoms with van der Waals surface area (Å²) in [6, 6.07) is 6.35. The molecule has 0 spiro atoms. The maximum atomic E-state index is 6.28. The quantitative estimate of drug-likeness (QED) is 0.919. The molecule has 96 valence electrons. The maximum absolute atomic E-state index is 6.28. The van der Waals surface area contributed by atoms with Gasteiger partial charge in [0.25, 0.3) is 0 Å². The number of aryl methyl sites for hydroxylation is 2. The highest BCUT2D eigenvalue weighted by atomic mass is 35.5. The topological polar surface area (TPSA) is 29.9 Å². The summed E-state index contributed by atoms with van der Waals surface area (Å²) in [4.78, 5) is 4.39. The Hall–Kier alpha value is -1.32. The molecular weight excluding hydrogens is 246 g/mol. The van der Waals surface area contributed by atoms with Gasteiger partial charge in [-0.1, -0.05) is 23.7 Å².